The Bertz CT molecular complexity index is 703. The summed E-state index contributed by atoms with van der Waals surface area (Å²) in [5, 5.41) is 9.65. The Morgan fingerprint density at radius 1 is 1.38 bits per heavy atom. The van der Waals surface area contributed by atoms with Crippen LogP contribution in [0.15, 0.2) is 30.7 Å². The number of aromatic nitrogens is 3. The van der Waals surface area contributed by atoms with Crippen LogP contribution in [0.3, 0.4) is 0 Å². The lowest BCUT2D eigenvalue weighted by molar-refractivity contribution is 0.0952. The Morgan fingerprint density at radius 3 is 2.96 bits per heavy atom. The van der Waals surface area contributed by atoms with Crippen molar-refractivity contribution in [3.05, 3.63) is 42.1 Å². The first-order chi connectivity index (χ1) is 12.6. The van der Waals surface area contributed by atoms with Crippen LogP contribution in [-0.4, -0.2) is 46.1 Å². The summed E-state index contributed by atoms with van der Waals surface area (Å²) in [5.41, 5.74) is 0.589. The van der Waals surface area contributed by atoms with E-state index in [-0.39, 0.29) is 5.91 Å². The first-order valence-corrected chi connectivity index (χ1v) is 9.36. The third-order valence-electron chi connectivity index (χ3n) is 4.56. The van der Waals surface area contributed by atoms with Crippen molar-refractivity contribution in [2.75, 3.05) is 25.0 Å². The maximum Gasteiger partial charge on any atom is 0.252 e. The molecule has 1 unspecified atom stereocenters. The van der Waals surface area contributed by atoms with Gasteiger partial charge in [-0.2, -0.15) is 0 Å². The van der Waals surface area contributed by atoms with E-state index in [0.29, 0.717) is 24.1 Å². The number of hydrogen-bond donors (Lipinski definition) is 3. The topological polar surface area (TPSA) is 83.9 Å². The predicted octanol–water partition coefficient (Wildman–Crippen LogP) is 2.00. The number of nitrogens with one attached hydrogen (secondary N) is 3. The number of imidazole rings is 1. The van der Waals surface area contributed by atoms with E-state index in [4.69, 9.17) is 0 Å². The van der Waals surface area contributed by atoms with Gasteiger partial charge >= 0.3 is 0 Å². The van der Waals surface area contributed by atoms with Gasteiger partial charge in [-0.15, -0.1) is 0 Å². The molecule has 3 rings (SSSR count). The molecule has 0 radical (unpaired) electrons. The largest absolute Gasteiger partial charge is 0.366 e. The zero-order chi connectivity index (χ0) is 18.4. The molecular formula is C19H28N6O. The number of carbonyl (C=O) groups is 1. The fraction of sp³-hybridized carbons (Fsp3) is 0.526. The van der Waals surface area contributed by atoms with Gasteiger partial charge in [0, 0.05) is 50.2 Å². The SMILES string of the molecule is CC(C)c1nccn1CCCNC(=O)c1ccc(NC2CCNC2)nc1. The van der Waals surface area contributed by atoms with E-state index in [9.17, 15) is 4.79 Å². The number of carbonyl (C=O) groups excluding carboxylic acids is 1. The maximum atomic E-state index is 12.2. The minimum Gasteiger partial charge on any atom is -0.366 e. The first-order valence-electron chi connectivity index (χ1n) is 9.36. The van der Waals surface area contributed by atoms with Crippen molar-refractivity contribution < 1.29 is 4.79 Å². The molecule has 1 fully saturated rings. The zero-order valence-electron chi connectivity index (χ0n) is 15.5. The van der Waals surface area contributed by atoms with Crippen LogP contribution in [0.4, 0.5) is 5.82 Å². The first kappa shape index (κ1) is 18.4. The second-order valence-electron chi connectivity index (χ2n) is 7.01. The third kappa shape index (κ3) is 4.82. The van der Waals surface area contributed by atoms with Crippen molar-refractivity contribution in [2.45, 2.75) is 45.2 Å². The Hall–Kier alpha value is -2.41. The molecular weight excluding hydrogens is 328 g/mol. The van der Waals surface area contributed by atoms with Gasteiger partial charge in [-0.3, -0.25) is 4.79 Å². The lowest BCUT2D eigenvalue weighted by atomic mass is 10.2. The Balaban J connectivity index is 1.42. The molecule has 7 nitrogen and oxygen atoms in total. The number of aryl methyl sites for hydroxylation is 1. The quantitative estimate of drug-likeness (QED) is 0.630. The number of anilines is 1. The summed E-state index contributed by atoms with van der Waals surface area (Å²) in [7, 11) is 0. The maximum absolute atomic E-state index is 12.2. The van der Waals surface area contributed by atoms with Crippen LogP contribution in [0.2, 0.25) is 0 Å². The highest BCUT2D eigenvalue weighted by molar-refractivity contribution is 5.94. The Morgan fingerprint density at radius 2 is 2.27 bits per heavy atom. The van der Waals surface area contributed by atoms with Crippen LogP contribution in [0.25, 0.3) is 0 Å². The minimum absolute atomic E-state index is 0.0821. The number of nitrogens with zero attached hydrogens (tertiary/aromatic N) is 3. The van der Waals surface area contributed by atoms with Crippen molar-refractivity contribution in [1.29, 1.82) is 0 Å². The summed E-state index contributed by atoms with van der Waals surface area (Å²) >= 11 is 0. The van der Waals surface area contributed by atoms with E-state index in [2.05, 4.69) is 44.3 Å². The summed E-state index contributed by atoms with van der Waals surface area (Å²) in [6.07, 6.45) is 7.42. The monoisotopic (exact) mass is 356 g/mol. The lowest BCUT2D eigenvalue weighted by Crippen LogP contribution is -2.26. The predicted molar refractivity (Wildman–Crippen MR) is 102 cm³/mol. The highest BCUT2D eigenvalue weighted by atomic mass is 16.1. The van der Waals surface area contributed by atoms with E-state index < -0.39 is 0 Å². The summed E-state index contributed by atoms with van der Waals surface area (Å²) in [6.45, 7) is 7.74. The van der Waals surface area contributed by atoms with Crippen LogP contribution in [0, 0.1) is 0 Å². The van der Waals surface area contributed by atoms with E-state index in [1.165, 1.54) is 0 Å². The normalized spacial score (nSPS) is 16.8. The molecule has 1 aliphatic heterocycles. The van der Waals surface area contributed by atoms with Crippen LogP contribution in [0.5, 0.6) is 0 Å². The standard InChI is InChI=1S/C19H28N6O/c1-14(2)18-21-9-11-25(18)10-3-7-22-19(26)15-4-5-17(23-12-15)24-16-6-8-20-13-16/h4-5,9,11-12,14,16,20H,3,6-8,10,13H2,1-2H3,(H,22,26)(H,23,24). The molecule has 1 aliphatic rings. The van der Waals surface area contributed by atoms with Gasteiger partial charge in [0.05, 0.1) is 5.56 Å². The highest BCUT2D eigenvalue weighted by Crippen LogP contribution is 2.12. The second kappa shape index (κ2) is 8.80. The summed E-state index contributed by atoms with van der Waals surface area (Å²) in [4.78, 5) is 21.0. The molecule has 0 aromatic carbocycles. The molecule has 2 aromatic rings. The molecule has 3 N–H and O–H groups in total. The molecule has 0 aliphatic carbocycles. The Labute approximate surface area is 154 Å². The minimum atomic E-state index is -0.0821. The molecule has 0 bridgehead atoms. The average Bonchev–Trinajstić information content (AvgIpc) is 3.31. The van der Waals surface area contributed by atoms with Gasteiger partial charge in [0.2, 0.25) is 0 Å². The van der Waals surface area contributed by atoms with E-state index in [1.807, 2.05) is 24.5 Å². The second-order valence-corrected chi connectivity index (χ2v) is 7.01. The zero-order valence-corrected chi connectivity index (χ0v) is 15.5. The van der Waals surface area contributed by atoms with E-state index in [0.717, 1.165) is 44.1 Å². The van der Waals surface area contributed by atoms with Gasteiger partial charge < -0.3 is 20.5 Å². The number of pyridine rings is 1. The lowest BCUT2D eigenvalue weighted by Gasteiger charge is -2.12. The van der Waals surface area contributed by atoms with Crippen LogP contribution in [0.1, 0.15) is 48.8 Å². The van der Waals surface area contributed by atoms with E-state index >= 15 is 0 Å². The number of rotatable bonds is 8. The van der Waals surface area contributed by atoms with E-state index in [1.54, 1.807) is 6.20 Å². The Kier molecular flexibility index (Phi) is 6.22. The number of amides is 1. The van der Waals surface area contributed by atoms with Gasteiger partial charge in [0.1, 0.15) is 11.6 Å². The van der Waals surface area contributed by atoms with Gasteiger partial charge in [-0.25, -0.2) is 9.97 Å². The van der Waals surface area contributed by atoms with Gasteiger partial charge in [-0.1, -0.05) is 13.8 Å². The fourth-order valence-corrected chi connectivity index (χ4v) is 3.16. The van der Waals surface area contributed by atoms with Crippen molar-refractivity contribution in [2.24, 2.45) is 0 Å². The molecule has 1 amide bonds. The molecule has 7 heteroatoms. The fourth-order valence-electron chi connectivity index (χ4n) is 3.16. The van der Waals surface area contributed by atoms with Crippen LogP contribution in [-0.2, 0) is 6.54 Å². The van der Waals surface area contributed by atoms with Crippen molar-refractivity contribution in [3.8, 4) is 0 Å². The van der Waals surface area contributed by atoms with Crippen molar-refractivity contribution >= 4 is 11.7 Å². The average molecular weight is 356 g/mol. The third-order valence-corrected chi connectivity index (χ3v) is 4.56. The van der Waals surface area contributed by atoms with Gasteiger partial charge in [0.15, 0.2) is 0 Å². The van der Waals surface area contributed by atoms with Crippen LogP contribution >= 0.6 is 0 Å². The summed E-state index contributed by atoms with van der Waals surface area (Å²) in [6, 6.07) is 4.11. The molecule has 2 aromatic heterocycles. The molecule has 140 valence electrons. The van der Waals surface area contributed by atoms with Crippen molar-refractivity contribution in [1.82, 2.24) is 25.2 Å². The van der Waals surface area contributed by atoms with Crippen molar-refractivity contribution in [3.63, 3.8) is 0 Å². The molecule has 26 heavy (non-hydrogen) atoms. The molecule has 0 spiro atoms. The number of hydrogen-bond acceptors (Lipinski definition) is 5. The molecule has 3 heterocycles. The summed E-state index contributed by atoms with van der Waals surface area (Å²) in [5.74, 6) is 2.22. The molecule has 1 saturated heterocycles. The molecule has 0 saturated carbocycles. The highest BCUT2D eigenvalue weighted by Gasteiger charge is 2.14. The van der Waals surface area contributed by atoms with Crippen LogP contribution < -0.4 is 16.0 Å². The smallest absolute Gasteiger partial charge is 0.252 e. The van der Waals surface area contributed by atoms with Gasteiger partial charge in [0.25, 0.3) is 5.91 Å². The summed E-state index contributed by atoms with van der Waals surface area (Å²) < 4.78 is 2.15. The van der Waals surface area contributed by atoms with Gasteiger partial charge in [-0.05, 0) is 31.5 Å². The molecule has 1 atom stereocenters.